The topological polar surface area (TPSA) is 195 Å². The summed E-state index contributed by atoms with van der Waals surface area (Å²) in [5.74, 6) is -4.32. The molecule has 38 heavy (non-hydrogen) atoms. The van der Waals surface area contributed by atoms with Crippen molar-refractivity contribution in [2.24, 2.45) is 0 Å². The summed E-state index contributed by atoms with van der Waals surface area (Å²) in [5, 5.41) is 18.6. The van der Waals surface area contributed by atoms with Crippen molar-refractivity contribution >= 4 is 39.4 Å². The van der Waals surface area contributed by atoms with Gasteiger partial charge in [-0.25, -0.2) is 13.1 Å². The summed E-state index contributed by atoms with van der Waals surface area (Å²) < 4.78 is 33.1. The minimum atomic E-state index is -4.04. The summed E-state index contributed by atoms with van der Waals surface area (Å²) in [7, 11) is -4.04. The van der Waals surface area contributed by atoms with Crippen LogP contribution in [0, 0.1) is 0 Å². The third-order valence-electron chi connectivity index (χ3n) is 6.14. The molecule has 2 aliphatic rings. The number of imide groups is 2. The van der Waals surface area contributed by atoms with Gasteiger partial charge in [-0.1, -0.05) is 11.3 Å². The number of rotatable bonds is 12. The van der Waals surface area contributed by atoms with Gasteiger partial charge in [-0.05, 0) is 31.4 Å². The lowest BCUT2D eigenvalue weighted by atomic mass is 10.0. The molecule has 2 N–H and O–H groups in total. The number of aromatic nitrogens is 3. The van der Waals surface area contributed by atoms with Crippen LogP contribution in [0.3, 0.4) is 0 Å². The van der Waals surface area contributed by atoms with Gasteiger partial charge < -0.3 is 9.84 Å². The second-order valence-corrected chi connectivity index (χ2v) is 10.9. The number of piperidine rings is 1. The van der Waals surface area contributed by atoms with Crippen molar-refractivity contribution in [3.05, 3.63) is 41.2 Å². The quantitative estimate of drug-likeness (QED) is 0.259. The maximum absolute atomic E-state index is 13.1. The van der Waals surface area contributed by atoms with Crippen molar-refractivity contribution in [2.45, 2.75) is 49.6 Å². The lowest BCUT2D eigenvalue weighted by molar-refractivity contribution is -0.138. The van der Waals surface area contributed by atoms with Gasteiger partial charge in [0, 0.05) is 19.0 Å². The summed E-state index contributed by atoms with van der Waals surface area (Å²) in [5.41, 5.74) is 0.226. The van der Waals surface area contributed by atoms with Crippen LogP contribution in [0.4, 0.5) is 0 Å². The van der Waals surface area contributed by atoms with E-state index in [2.05, 4.69) is 15.6 Å². The number of carbonyl (C=O) groups is 5. The number of carboxylic acid groups (broad SMARTS) is 1. The Morgan fingerprint density at radius 1 is 1.16 bits per heavy atom. The third-order valence-corrected chi connectivity index (χ3v) is 7.85. The highest BCUT2D eigenvalue weighted by Gasteiger charge is 2.46. The molecule has 4 rings (SSSR count). The average Bonchev–Trinajstić information content (AvgIpc) is 3.41. The molecular formula is C23H25N5O9S. The number of carboxylic acids is 1. The highest BCUT2D eigenvalue weighted by molar-refractivity contribution is 7.91. The number of nitrogens with one attached hydrogen (secondary N) is 1. The van der Waals surface area contributed by atoms with Crippen LogP contribution >= 0.6 is 0 Å². The summed E-state index contributed by atoms with van der Waals surface area (Å²) in [6.45, 7) is 0.229. The highest BCUT2D eigenvalue weighted by Crippen LogP contribution is 2.32. The molecule has 1 unspecified atom stereocenters. The Morgan fingerprint density at radius 3 is 2.68 bits per heavy atom. The van der Waals surface area contributed by atoms with Crippen molar-refractivity contribution in [1.29, 1.82) is 0 Å². The normalized spacial score (nSPS) is 17.6. The van der Waals surface area contributed by atoms with E-state index in [4.69, 9.17) is 9.84 Å². The van der Waals surface area contributed by atoms with Gasteiger partial charge in [-0.15, -0.1) is 5.10 Å². The Hall–Kier alpha value is -3.98. The van der Waals surface area contributed by atoms with E-state index in [-0.39, 0.29) is 48.5 Å². The van der Waals surface area contributed by atoms with Crippen molar-refractivity contribution in [3.8, 4) is 0 Å². The fraction of sp³-hybridized carbons (Fsp3) is 0.435. The SMILES string of the molecule is O=C(O)CCCc1cn(CCOCCS(=O)(=O)c2cccc3c2C(=O)N(C2CCC(=O)NC2=O)C3=O)nn1. The van der Waals surface area contributed by atoms with E-state index in [0.717, 1.165) is 4.90 Å². The summed E-state index contributed by atoms with van der Waals surface area (Å²) in [6, 6.07) is 2.71. The van der Waals surface area contributed by atoms with E-state index in [9.17, 15) is 32.4 Å². The van der Waals surface area contributed by atoms with E-state index < -0.39 is 51.2 Å². The Labute approximate surface area is 216 Å². The first kappa shape index (κ1) is 27.1. The van der Waals surface area contributed by atoms with Crippen LogP contribution < -0.4 is 5.32 Å². The van der Waals surface area contributed by atoms with Gasteiger partial charge in [0.1, 0.15) is 6.04 Å². The van der Waals surface area contributed by atoms with E-state index in [1.54, 1.807) is 6.20 Å². The molecule has 3 heterocycles. The van der Waals surface area contributed by atoms with Crippen LogP contribution in [0.5, 0.6) is 0 Å². The zero-order valence-corrected chi connectivity index (χ0v) is 21.0. The largest absolute Gasteiger partial charge is 0.481 e. The molecule has 0 radical (unpaired) electrons. The lowest BCUT2D eigenvalue weighted by Crippen LogP contribution is -2.54. The number of aliphatic carboxylic acids is 1. The summed E-state index contributed by atoms with van der Waals surface area (Å²) in [4.78, 5) is 60.7. The maximum atomic E-state index is 13.1. The number of hydrogen-bond acceptors (Lipinski definition) is 10. The lowest BCUT2D eigenvalue weighted by Gasteiger charge is -2.27. The molecule has 1 saturated heterocycles. The molecule has 14 nitrogen and oxygen atoms in total. The monoisotopic (exact) mass is 547 g/mol. The number of sulfone groups is 1. The molecule has 4 amide bonds. The van der Waals surface area contributed by atoms with Crippen molar-refractivity contribution in [2.75, 3.05) is 19.0 Å². The number of amides is 4. The second-order valence-electron chi connectivity index (χ2n) is 8.78. The molecule has 15 heteroatoms. The van der Waals surface area contributed by atoms with Gasteiger partial charge in [0.05, 0.1) is 47.2 Å². The zero-order chi connectivity index (χ0) is 27.4. The first-order chi connectivity index (χ1) is 18.1. The molecule has 202 valence electrons. The van der Waals surface area contributed by atoms with Gasteiger partial charge in [0.2, 0.25) is 11.8 Å². The molecule has 0 spiro atoms. The minimum Gasteiger partial charge on any atom is -0.481 e. The number of nitrogens with zero attached hydrogens (tertiary/aromatic N) is 4. The van der Waals surface area contributed by atoms with Crippen LogP contribution in [0.1, 0.15) is 52.1 Å². The van der Waals surface area contributed by atoms with Gasteiger partial charge in [0.15, 0.2) is 9.84 Å². The van der Waals surface area contributed by atoms with Crippen molar-refractivity contribution < 1.29 is 42.2 Å². The third kappa shape index (κ3) is 5.78. The van der Waals surface area contributed by atoms with Gasteiger partial charge in [-0.2, -0.15) is 0 Å². The maximum Gasteiger partial charge on any atom is 0.303 e. The van der Waals surface area contributed by atoms with Crippen molar-refractivity contribution in [1.82, 2.24) is 25.2 Å². The fourth-order valence-corrected chi connectivity index (χ4v) is 5.62. The van der Waals surface area contributed by atoms with Crippen LogP contribution in [-0.4, -0.2) is 88.0 Å². The number of aryl methyl sites for hydroxylation is 1. The van der Waals surface area contributed by atoms with Crippen molar-refractivity contribution in [3.63, 3.8) is 0 Å². The van der Waals surface area contributed by atoms with E-state index in [0.29, 0.717) is 25.1 Å². The summed E-state index contributed by atoms with van der Waals surface area (Å²) >= 11 is 0. The number of hydrogen-bond donors (Lipinski definition) is 2. The number of fused-ring (bicyclic) bond motifs is 1. The van der Waals surface area contributed by atoms with Gasteiger partial charge >= 0.3 is 5.97 Å². The first-order valence-electron chi connectivity index (χ1n) is 11.8. The van der Waals surface area contributed by atoms with Crippen LogP contribution in [0.15, 0.2) is 29.3 Å². The van der Waals surface area contributed by atoms with E-state index >= 15 is 0 Å². The Morgan fingerprint density at radius 2 is 1.95 bits per heavy atom. The predicted molar refractivity (Wildman–Crippen MR) is 127 cm³/mol. The minimum absolute atomic E-state index is 0.0315. The molecule has 1 fully saturated rings. The van der Waals surface area contributed by atoms with Crippen LogP contribution in [-0.2, 0) is 41.9 Å². The van der Waals surface area contributed by atoms with Crippen LogP contribution in [0.25, 0.3) is 0 Å². The first-order valence-corrected chi connectivity index (χ1v) is 13.5. The highest BCUT2D eigenvalue weighted by atomic mass is 32.2. The molecule has 1 aromatic carbocycles. The molecule has 0 saturated carbocycles. The van der Waals surface area contributed by atoms with Gasteiger partial charge in [0.25, 0.3) is 11.8 Å². The summed E-state index contributed by atoms with van der Waals surface area (Å²) in [6.07, 6.45) is 2.50. The smallest absolute Gasteiger partial charge is 0.303 e. The molecule has 0 aliphatic carbocycles. The standard InChI is InChI=1S/C23H25N5O9S/c29-18-8-7-16(21(32)24-18)28-22(33)15-4-2-5-17(20(15)23(28)34)38(35,36)12-11-37-10-9-27-13-14(25-26-27)3-1-6-19(30)31/h2,4-5,13,16H,1,3,6-12H2,(H,30,31)(H,24,29,32). The number of benzene rings is 1. The second kappa shape index (κ2) is 11.2. The van der Waals surface area contributed by atoms with Crippen LogP contribution in [0.2, 0.25) is 0 Å². The molecule has 0 bridgehead atoms. The molecule has 2 aliphatic heterocycles. The van der Waals surface area contributed by atoms with E-state index in [1.165, 1.54) is 22.9 Å². The molecule has 2 aromatic rings. The fourth-order valence-electron chi connectivity index (χ4n) is 4.26. The predicted octanol–water partition coefficient (Wildman–Crippen LogP) is -0.423. The Balaban J connectivity index is 1.34. The Kier molecular flexibility index (Phi) is 7.97. The molecule has 1 atom stereocenters. The number of ether oxygens (including phenoxy) is 1. The average molecular weight is 548 g/mol. The molecular weight excluding hydrogens is 522 g/mol. The number of carbonyl (C=O) groups excluding carboxylic acids is 4. The van der Waals surface area contributed by atoms with Gasteiger partial charge in [-0.3, -0.25) is 34.2 Å². The Bertz CT molecular complexity index is 1400. The van der Waals surface area contributed by atoms with E-state index in [1.807, 2.05) is 0 Å². The molecule has 1 aromatic heterocycles. The zero-order valence-electron chi connectivity index (χ0n) is 20.2.